The fourth-order valence-electron chi connectivity index (χ4n) is 2.11. The highest BCUT2D eigenvalue weighted by Gasteiger charge is 2.09. The van der Waals surface area contributed by atoms with Gasteiger partial charge < -0.3 is 10.1 Å². The molecule has 19 heavy (non-hydrogen) atoms. The minimum Gasteiger partial charge on any atom is -0.384 e. The topological polar surface area (TPSA) is 48.3 Å². The van der Waals surface area contributed by atoms with Gasteiger partial charge in [0.25, 0.3) is 0 Å². The van der Waals surface area contributed by atoms with Crippen LogP contribution in [0.5, 0.6) is 0 Å². The van der Waals surface area contributed by atoms with Gasteiger partial charge in [0.15, 0.2) is 0 Å². The van der Waals surface area contributed by atoms with Crippen molar-refractivity contribution in [3.8, 4) is 6.07 Å². The molecule has 0 amide bonds. The molecule has 4 nitrogen and oxygen atoms in total. The number of hydrogen-bond donors (Lipinski definition) is 1. The predicted octanol–water partition coefficient (Wildman–Crippen LogP) is 2.35. The number of halogens is 1. The molecule has 1 aliphatic rings. The molecule has 1 N–H and O–H groups in total. The number of rotatable bonds is 5. The van der Waals surface area contributed by atoms with Crippen molar-refractivity contribution in [1.29, 1.82) is 5.26 Å². The Balaban J connectivity index is 1.75. The number of nitriles is 1. The SMILES string of the molecule is N#Cc1cc(Cl)ccc1NCCCN1CCOCC1. The summed E-state index contributed by atoms with van der Waals surface area (Å²) in [7, 11) is 0. The average Bonchev–Trinajstić information content (AvgIpc) is 2.46. The molecule has 1 fully saturated rings. The molecule has 102 valence electrons. The second kappa shape index (κ2) is 7.34. The van der Waals surface area contributed by atoms with Crippen LogP contribution in [0.2, 0.25) is 5.02 Å². The minimum absolute atomic E-state index is 0.593. The van der Waals surface area contributed by atoms with E-state index >= 15 is 0 Å². The summed E-state index contributed by atoms with van der Waals surface area (Å²) in [5.41, 5.74) is 1.45. The third-order valence-corrected chi connectivity index (χ3v) is 3.41. The van der Waals surface area contributed by atoms with E-state index in [0.717, 1.165) is 51.5 Å². The highest BCUT2D eigenvalue weighted by atomic mass is 35.5. The van der Waals surface area contributed by atoms with Crippen LogP contribution in [0, 0.1) is 11.3 Å². The number of ether oxygens (including phenoxy) is 1. The van der Waals surface area contributed by atoms with Crippen LogP contribution in [0.25, 0.3) is 0 Å². The first-order valence-electron chi connectivity index (χ1n) is 6.53. The van der Waals surface area contributed by atoms with Gasteiger partial charge in [-0.15, -0.1) is 0 Å². The van der Waals surface area contributed by atoms with Crippen LogP contribution in [0.3, 0.4) is 0 Å². The number of morpholine rings is 1. The van der Waals surface area contributed by atoms with Crippen LogP contribution in [-0.4, -0.2) is 44.3 Å². The molecule has 1 saturated heterocycles. The van der Waals surface area contributed by atoms with Crippen LogP contribution in [0.4, 0.5) is 5.69 Å². The highest BCUT2D eigenvalue weighted by Crippen LogP contribution is 2.19. The van der Waals surface area contributed by atoms with E-state index in [1.165, 1.54) is 0 Å². The van der Waals surface area contributed by atoms with Crippen LogP contribution in [0.1, 0.15) is 12.0 Å². The zero-order valence-electron chi connectivity index (χ0n) is 10.9. The lowest BCUT2D eigenvalue weighted by Crippen LogP contribution is -2.37. The second-order valence-corrected chi connectivity index (χ2v) is 4.97. The molecular weight excluding hydrogens is 262 g/mol. The third-order valence-electron chi connectivity index (χ3n) is 3.17. The van der Waals surface area contributed by atoms with Gasteiger partial charge in [0.1, 0.15) is 6.07 Å². The Hall–Kier alpha value is -1.28. The third kappa shape index (κ3) is 4.39. The summed E-state index contributed by atoms with van der Waals surface area (Å²) in [6.45, 7) is 5.63. The molecule has 5 heteroatoms. The largest absolute Gasteiger partial charge is 0.384 e. The van der Waals surface area contributed by atoms with E-state index in [1.807, 2.05) is 6.07 Å². The van der Waals surface area contributed by atoms with E-state index in [2.05, 4.69) is 16.3 Å². The minimum atomic E-state index is 0.593. The van der Waals surface area contributed by atoms with Crippen molar-refractivity contribution in [2.45, 2.75) is 6.42 Å². The normalized spacial score (nSPS) is 16.0. The zero-order valence-corrected chi connectivity index (χ0v) is 11.6. The van der Waals surface area contributed by atoms with Crippen molar-refractivity contribution >= 4 is 17.3 Å². The molecule has 2 rings (SSSR count). The van der Waals surface area contributed by atoms with Crippen molar-refractivity contribution in [2.24, 2.45) is 0 Å². The lowest BCUT2D eigenvalue weighted by molar-refractivity contribution is 0.0378. The van der Waals surface area contributed by atoms with Gasteiger partial charge in [-0.3, -0.25) is 4.90 Å². The molecule has 1 aromatic rings. The molecule has 1 aliphatic heterocycles. The van der Waals surface area contributed by atoms with Gasteiger partial charge in [-0.05, 0) is 31.2 Å². The molecule has 0 spiro atoms. The average molecular weight is 280 g/mol. The van der Waals surface area contributed by atoms with E-state index in [1.54, 1.807) is 12.1 Å². The van der Waals surface area contributed by atoms with Gasteiger partial charge in [-0.25, -0.2) is 0 Å². The van der Waals surface area contributed by atoms with Crippen molar-refractivity contribution in [3.05, 3.63) is 28.8 Å². The quantitative estimate of drug-likeness (QED) is 0.841. The Morgan fingerprint density at radius 2 is 2.16 bits per heavy atom. The molecule has 0 radical (unpaired) electrons. The second-order valence-electron chi connectivity index (χ2n) is 4.54. The maximum absolute atomic E-state index is 9.03. The monoisotopic (exact) mass is 279 g/mol. The smallest absolute Gasteiger partial charge is 0.101 e. The summed E-state index contributed by atoms with van der Waals surface area (Å²) >= 11 is 5.86. The molecule has 1 aromatic carbocycles. The Morgan fingerprint density at radius 1 is 1.37 bits per heavy atom. The van der Waals surface area contributed by atoms with Crippen LogP contribution >= 0.6 is 11.6 Å². The number of anilines is 1. The fourth-order valence-corrected chi connectivity index (χ4v) is 2.29. The van der Waals surface area contributed by atoms with Crippen molar-refractivity contribution < 1.29 is 4.74 Å². The van der Waals surface area contributed by atoms with Crippen molar-refractivity contribution in [3.63, 3.8) is 0 Å². The van der Waals surface area contributed by atoms with Gasteiger partial charge in [-0.1, -0.05) is 11.6 Å². The maximum atomic E-state index is 9.03. The molecule has 0 aliphatic carbocycles. The number of nitrogens with zero attached hydrogens (tertiary/aromatic N) is 2. The van der Waals surface area contributed by atoms with Crippen LogP contribution < -0.4 is 5.32 Å². The van der Waals surface area contributed by atoms with Gasteiger partial charge in [0.05, 0.1) is 24.5 Å². The summed E-state index contributed by atoms with van der Waals surface area (Å²) in [6.07, 6.45) is 1.05. The van der Waals surface area contributed by atoms with Crippen LogP contribution in [0.15, 0.2) is 18.2 Å². The van der Waals surface area contributed by atoms with Crippen molar-refractivity contribution in [1.82, 2.24) is 4.90 Å². The number of nitrogens with one attached hydrogen (secondary N) is 1. The molecular formula is C14H18ClN3O. The van der Waals surface area contributed by atoms with Gasteiger partial charge in [0.2, 0.25) is 0 Å². The summed E-state index contributed by atoms with van der Waals surface area (Å²) in [6, 6.07) is 7.49. The molecule has 1 heterocycles. The lowest BCUT2D eigenvalue weighted by atomic mass is 10.2. The van der Waals surface area contributed by atoms with E-state index in [4.69, 9.17) is 21.6 Å². The highest BCUT2D eigenvalue weighted by molar-refractivity contribution is 6.30. The van der Waals surface area contributed by atoms with Crippen LogP contribution in [-0.2, 0) is 4.74 Å². The van der Waals surface area contributed by atoms with Crippen molar-refractivity contribution in [2.75, 3.05) is 44.7 Å². The molecule has 0 aromatic heterocycles. The predicted molar refractivity (Wildman–Crippen MR) is 76.5 cm³/mol. The number of hydrogen-bond acceptors (Lipinski definition) is 4. The first kappa shape index (κ1) is 14.1. The summed E-state index contributed by atoms with van der Waals surface area (Å²) < 4.78 is 5.31. The first-order valence-corrected chi connectivity index (χ1v) is 6.91. The standard InChI is InChI=1S/C14H18ClN3O/c15-13-2-3-14(12(10-13)11-16)17-4-1-5-18-6-8-19-9-7-18/h2-3,10,17H,1,4-9H2. The van der Waals surface area contributed by atoms with Gasteiger partial charge in [-0.2, -0.15) is 5.26 Å². The Bertz CT molecular complexity index is 452. The first-order chi connectivity index (χ1) is 9.29. The molecule has 0 bridgehead atoms. The van der Waals surface area contributed by atoms with E-state index < -0.39 is 0 Å². The lowest BCUT2D eigenvalue weighted by Gasteiger charge is -2.26. The number of benzene rings is 1. The molecule has 0 saturated carbocycles. The summed E-state index contributed by atoms with van der Waals surface area (Å²) in [5.74, 6) is 0. The van der Waals surface area contributed by atoms with E-state index in [-0.39, 0.29) is 0 Å². The fraction of sp³-hybridized carbons (Fsp3) is 0.500. The molecule has 0 atom stereocenters. The van der Waals surface area contributed by atoms with Gasteiger partial charge in [0, 0.05) is 24.7 Å². The van der Waals surface area contributed by atoms with Gasteiger partial charge >= 0.3 is 0 Å². The van der Waals surface area contributed by atoms with E-state index in [0.29, 0.717) is 10.6 Å². The zero-order chi connectivity index (χ0) is 13.5. The summed E-state index contributed by atoms with van der Waals surface area (Å²) in [5, 5.41) is 12.9. The summed E-state index contributed by atoms with van der Waals surface area (Å²) in [4.78, 5) is 2.40. The van der Waals surface area contributed by atoms with E-state index in [9.17, 15) is 0 Å². The Kier molecular flexibility index (Phi) is 5.46. The Morgan fingerprint density at radius 3 is 2.89 bits per heavy atom. The molecule has 0 unspecified atom stereocenters. The maximum Gasteiger partial charge on any atom is 0.101 e. The Labute approximate surface area is 118 Å².